The SMILES string of the molecule is N#Cc1c[nH]c2nc(Br)cn12. The lowest BCUT2D eigenvalue weighted by Crippen LogP contribution is -1.79. The molecular weight excluding hydrogens is 208 g/mol. The van der Waals surface area contributed by atoms with Crippen molar-refractivity contribution in [2.24, 2.45) is 0 Å². The van der Waals surface area contributed by atoms with Gasteiger partial charge in [-0.2, -0.15) is 5.26 Å². The van der Waals surface area contributed by atoms with E-state index in [2.05, 4.69) is 25.9 Å². The molecular formula is C6H3BrN4. The summed E-state index contributed by atoms with van der Waals surface area (Å²) in [6.45, 7) is 0. The van der Waals surface area contributed by atoms with Crippen molar-refractivity contribution in [3.63, 3.8) is 0 Å². The molecule has 0 saturated heterocycles. The molecule has 11 heavy (non-hydrogen) atoms. The van der Waals surface area contributed by atoms with Gasteiger partial charge in [0.05, 0.1) is 0 Å². The van der Waals surface area contributed by atoms with Crippen molar-refractivity contribution in [1.82, 2.24) is 14.4 Å². The van der Waals surface area contributed by atoms with Gasteiger partial charge in [-0.3, -0.25) is 4.40 Å². The van der Waals surface area contributed by atoms with Crippen LogP contribution in [0.5, 0.6) is 0 Å². The summed E-state index contributed by atoms with van der Waals surface area (Å²) in [5.74, 6) is 0.674. The standard InChI is InChI=1S/C6H3BrN4/c7-5-3-11-4(1-8)2-9-6(11)10-5/h2-3H,(H,9,10). The first-order valence-electron chi connectivity index (χ1n) is 2.93. The molecule has 0 atom stereocenters. The van der Waals surface area contributed by atoms with E-state index in [4.69, 9.17) is 5.26 Å². The van der Waals surface area contributed by atoms with Crippen LogP contribution in [-0.2, 0) is 0 Å². The van der Waals surface area contributed by atoms with Crippen LogP contribution in [0.1, 0.15) is 5.69 Å². The van der Waals surface area contributed by atoms with Crippen molar-refractivity contribution in [3.8, 4) is 6.07 Å². The molecule has 2 rings (SSSR count). The molecule has 0 fully saturated rings. The highest BCUT2D eigenvalue weighted by molar-refractivity contribution is 9.10. The van der Waals surface area contributed by atoms with E-state index in [9.17, 15) is 0 Å². The van der Waals surface area contributed by atoms with E-state index in [1.54, 1.807) is 16.8 Å². The van der Waals surface area contributed by atoms with Crippen LogP contribution in [0.4, 0.5) is 0 Å². The van der Waals surface area contributed by atoms with E-state index >= 15 is 0 Å². The topological polar surface area (TPSA) is 56.9 Å². The number of nitrogens with one attached hydrogen (secondary N) is 1. The molecule has 4 nitrogen and oxygen atoms in total. The van der Waals surface area contributed by atoms with Crippen LogP contribution in [0.15, 0.2) is 17.0 Å². The molecule has 0 saturated carbocycles. The first kappa shape index (κ1) is 6.43. The number of aromatic nitrogens is 3. The quantitative estimate of drug-likeness (QED) is 0.713. The Morgan fingerprint density at radius 1 is 1.73 bits per heavy atom. The van der Waals surface area contributed by atoms with Gasteiger partial charge in [0.25, 0.3) is 0 Å². The molecule has 0 aliphatic heterocycles. The average molecular weight is 211 g/mol. The fourth-order valence-electron chi connectivity index (χ4n) is 0.926. The van der Waals surface area contributed by atoms with E-state index in [-0.39, 0.29) is 0 Å². The number of imidazole rings is 2. The molecule has 2 aromatic heterocycles. The van der Waals surface area contributed by atoms with Crippen LogP contribution in [0.2, 0.25) is 0 Å². The summed E-state index contributed by atoms with van der Waals surface area (Å²) in [4.78, 5) is 6.91. The number of hydrogen-bond acceptors (Lipinski definition) is 2. The Balaban J connectivity index is 2.86. The van der Waals surface area contributed by atoms with E-state index in [1.807, 2.05) is 6.07 Å². The van der Waals surface area contributed by atoms with Crippen molar-refractivity contribution >= 4 is 21.7 Å². The first-order valence-corrected chi connectivity index (χ1v) is 3.72. The Kier molecular flexibility index (Phi) is 1.23. The van der Waals surface area contributed by atoms with Crippen LogP contribution in [0.25, 0.3) is 5.78 Å². The number of H-pyrrole nitrogens is 1. The van der Waals surface area contributed by atoms with E-state index in [0.717, 1.165) is 4.60 Å². The number of halogens is 1. The second kappa shape index (κ2) is 2.10. The molecule has 0 amide bonds. The average Bonchev–Trinajstić information content (AvgIpc) is 2.45. The molecule has 0 aromatic carbocycles. The fraction of sp³-hybridized carbons (Fsp3) is 0. The predicted molar refractivity (Wildman–Crippen MR) is 42.0 cm³/mol. The van der Waals surface area contributed by atoms with Crippen LogP contribution in [0.3, 0.4) is 0 Å². The largest absolute Gasteiger partial charge is 0.329 e. The van der Waals surface area contributed by atoms with E-state index in [1.165, 1.54) is 0 Å². The second-order valence-electron chi connectivity index (χ2n) is 2.04. The van der Waals surface area contributed by atoms with Gasteiger partial charge in [0.15, 0.2) is 0 Å². The number of hydrogen-bond donors (Lipinski definition) is 1. The summed E-state index contributed by atoms with van der Waals surface area (Å²) in [7, 11) is 0. The molecule has 1 N–H and O–H groups in total. The highest BCUT2D eigenvalue weighted by atomic mass is 79.9. The maximum atomic E-state index is 8.60. The van der Waals surface area contributed by atoms with Crippen molar-refractivity contribution in [2.75, 3.05) is 0 Å². The Morgan fingerprint density at radius 3 is 3.27 bits per heavy atom. The first-order chi connectivity index (χ1) is 5.31. The Labute approximate surface area is 70.6 Å². The normalized spacial score (nSPS) is 10.2. The second-order valence-corrected chi connectivity index (χ2v) is 2.86. The minimum absolute atomic E-state index is 0.554. The highest BCUT2D eigenvalue weighted by Crippen LogP contribution is 2.11. The Morgan fingerprint density at radius 2 is 2.55 bits per heavy atom. The van der Waals surface area contributed by atoms with Crippen molar-refractivity contribution < 1.29 is 0 Å². The summed E-state index contributed by atoms with van der Waals surface area (Å²) >= 11 is 3.21. The number of rotatable bonds is 0. The van der Waals surface area contributed by atoms with Crippen molar-refractivity contribution in [2.45, 2.75) is 0 Å². The third kappa shape index (κ3) is 0.835. The molecule has 5 heteroatoms. The van der Waals surface area contributed by atoms with Crippen molar-refractivity contribution in [1.29, 1.82) is 5.26 Å². The van der Waals surface area contributed by atoms with Gasteiger partial charge in [-0.05, 0) is 15.9 Å². The summed E-state index contributed by atoms with van der Waals surface area (Å²) in [5.41, 5.74) is 0.554. The number of nitrogens with zero attached hydrogens (tertiary/aromatic N) is 3. The zero-order valence-corrected chi connectivity index (χ0v) is 6.96. The Bertz CT molecular complexity index is 433. The predicted octanol–water partition coefficient (Wildman–Crippen LogP) is 1.30. The molecule has 54 valence electrons. The van der Waals surface area contributed by atoms with Crippen LogP contribution >= 0.6 is 15.9 Å². The number of aromatic amines is 1. The highest BCUT2D eigenvalue weighted by Gasteiger charge is 2.03. The molecule has 2 heterocycles. The molecule has 0 spiro atoms. The third-order valence-corrected chi connectivity index (χ3v) is 1.77. The van der Waals surface area contributed by atoms with Gasteiger partial charge >= 0.3 is 0 Å². The van der Waals surface area contributed by atoms with Gasteiger partial charge in [0, 0.05) is 12.4 Å². The van der Waals surface area contributed by atoms with Crippen LogP contribution < -0.4 is 0 Å². The van der Waals surface area contributed by atoms with Crippen molar-refractivity contribution in [3.05, 3.63) is 22.7 Å². The van der Waals surface area contributed by atoms with Gasteiger partial charge in [-0.25, -0.2) is 4.98 Å². The Hall–Kier alpha value is -1.28. The van der Waals surface area contributed by atoms with E-state index < -0.39 is 0 Å². The van der Waals surface area contributed by atoms with Gasteiger partial charge in [0.1, 0.15) is 16.4 Å². The molecule has 0 aliphatic carbocycles. The van der Waals surface area contributed by atoms with Crippen LogP contribution in [-0.4, -0.2) is 14.4 Å². The molecule has 0 aliphatic rings. The maximum Gasteiger partial charge on any atom is 0.213 e. The molecule has 0 radical (unpaired) electrons. The molecule has 0 unspecified atom stereocenters. The van der Waals surface area contributed by atoms with Gasteiger partial charge in [-0.1, -0.05) is 0 Å². The minimum atomic E-state index is 0.554. The zero-order valence-electron chi connectivity index (χ0n) is 5.37. The summed E-state index contributed by atoms with van der Waals surface area (Å²) in [5, 5.41) is 8.60. The summed E-state index contributed by atoms with van der Waals surface area (Å²) < 4.78 is 2.41. The lowest BCUT2D eigenvalue weighted by molar-refractivity contribution is 1.17. The summed E-state index contributed by atoms with van der Waals surface area (Å²) in [6, 6.07) is 2.03. The molecule has 2 aromatic rings. The smallest absolute Gasteiger partial charge is 0.213 e. The molecule has 0 bridgehead atoms. The third-order valence-electron chi connectivity index (χ3n) is 1.39. The zero-order chi connectivity index (χ0) is 7.84. The van der Waals surface area contributed by atoms with Gasteiger partial charge < -0.3 is 4.98 Å². The van der Waals surface area contributed by atoms with Crippen LogP contribution in [0, 0.1) is 11.3 Å². The monoisotopic (exact) mass is 210 g/mol. The summed E-state index contributed by atoms with van der Waals surface area (Å²) in [6.07, 6.45) is 3.36. The fourth-order valence-corrected chi connectivity index (χ4v) is 1.30. The lowest BCUT2D eigenvalue weighted by atomic mass is 10.5. The van der Waals surface area contributed by atoms with Gasteiger partial charge in [0.2, 0.25) is 5.78 Å². The van der Waals surface area contributed by atoms with E-state index in [0.29, 0.717) is 11.5 Å². The maximum absolute atomic E-state index is 8.60. The lowest BCUT2D eigenvalue weighted by Gasteiger charge is -1.79. The number of nitriles is 1. The number of fused-ring (bicyclic) bond motifs is 1. The van der Waals surface area contributed by atoms with Gasteiger partial charge in [-0.15, -0.1) is 0 Å². The minimum Gasteiger partial charge on any atom is -0.329 e.